The summed E-state index contributed by atoms with van der Waals surface area (Å²) in [7, 11) is 0. The third-order valence-corrected chi connectivity index (χ3v) is 5.43. The van der Waals surface area contributed by atoms with Gasteiger partial charge in [0.05, 0.1) is 11.6 Å². The molecule has 0 saturated carbocycles. The number of benzene rings is 2. The van der Waals surface area contributed by atoms with E-state index in [1.807, 2.05) is 6.07 Å². The minimum atomic E-state index is -0.830. The van der Waals surface area contributed by atoms with Crippen molar-refractivity contribution in [3.05, 3.63) is 95.5 Å². The fraction of sp³-hybridized carbons (Fsp3) is 0.0870. The van der Waals surface area contributed by atoms with E-state index in [0.717, 1.165) is 0 Å². The number of anilines is 1. The fourth-order valence-electron chi connectivity index (χ4n) is 3.36. The summed E-state index contributed by atoms with van der Waals surface area (Å²) in [6, 6.07) is 15.0. The molecule has 7 heteroatoms. The van der Waals surface area contributed by atoms with E-state index in [4.69, 9.17) is 4.74 Å². The highest BCUT2D eigenvalue weighted by Crippen LogP contribution is 2.43. The molecule has 1 atom stereocenters. The van der Waals surface area contributed by atoms with E-state index in [-0.39, 0.29) is 11.3 Å². The van der Waals surface area contributed by atoms with Crippen LogP contribution in [0.2, 0.25) is 0 Å². The number of ether oxygens (including phenoxy) is 1. The number of carbonyl (C=O) groups excluding carboxylic acids is 2. The van der Waals surface area contributed by atoms with Crippen LogP contribution in [0.5, 0.6) is 5.75 Å². The Hall–Kier alpha value is -3.71. The number of aliphatic hydroxyl groups excluding tert-OH is 1. The molecule has 2 aromatic carbocycles. The van der Waals surface area contributed by atoms with Crippen molar-refractivity contribution in [2.45, 2.75) is 6.04 Å². The number of hydrogen-bond acceptors (Lipinski definition) is 6. The average Bonchev–Trinajstić information content (AvgIpc) is 3.39. The smallest absolute Gasteiger partial charge is 0.301 e. The van der Waals surface area contributed by atoms with Gasteiger partial charge in [0.1, 0.15) is 18.1 Å². The SMILES string of the molecule is C=CCOc1cccc(C2/C(=C(\O)c3ccccc3)C(=O)C(=O)N2c2nccs2)c1. The van der Waals surface area contributed by atoms with Gasteiger partial charge in [-0.2, -0.15) is 0 Å². The zero-order chi connectivity index (χ0) is 21.1. The van der Waals surface area contributed by atoms with Crippen LogP contribution >= 0.6 is 11.3 Å². The summed E-state index contributed by atoms with van der Waals surface area (Å²) >= 11 is 1.25. The molecule has 0 bridgehead atoms. The number of ketones is 1. The van der Waals surface area contributed by atoms with Crippen LogP contribution in [-0.4, -0.2) is 28.4 Å². The second kappa shape index (κ2) is 8.34. The lowest BCUT2D eigenvalue weighted by molar-refractivity contribution is -0.132. The fourth-order valence-corrected chi connectivity index (χ4v) is 4.03. The molecule has 150 valence electrons. The van der Waals surface area contributed by atoms with Crippen LogP contribution in [0.25, 0.3) is 5.76 Å². The van der Waals surface area contributed by atoms with Crippen LogP contribution in [-0.2, 0) is 9.59 Å². The third-order valence-electron chi connectivity index (χ3n) is 4.66. The molecular weight excluding hydrogens is 400 g/mol. The van der Waals surface area contributed by atoms with Gasteiger partial charge in [-0.15, -0.1) is 11.3 Å². The minimum Gasteiger partial charge on any atom is -0.507 e. The van der Waals surface area contributed by atoms with Crippen molar-refractivity contribution in [1.82, 2.24) is 4.98 Å². The van der Waals surface area contributed by atoms with Crippen molar-refractivity contribution in [3.8, 4) is 5.75 Å². The van der Waals surface area contributed by atoms with Gasteiger partial charge in [0, 0.05) is 17.1 Å². The summed E-state index contributed by atoms with van der Waals surface area (Å²) in [4.78, 5) is 31.5. The van der Waals surface area contributed by atoms with E-state index in [9.17, 15) is 14.7 Å². The van der Waals surface area contributed by atoms with Crippen LogP contribution < -0.4 is 9.64 Å². The Balaban J connectivity index is 1.90. The van der Waals surface area contributed by atoms with E-state index in [1.54, 1.807) is 66.2 Å². The van der Waals surface area contributed by atoms with Gasteiger partial charge >= 0.3 is 5.91 Å². The Labute approximate surface area is 177 Å². The highest BCUT2D eigenvalue weighted by atomic mass is 32.1. The lowest BCUT2D eigenvalue weighted by Crippen LogP contribution is -2.29. The van der Waals surface area contributed by atoms with Crippen molar-refractivity contribution in [2.75, 3.05) is 11.5 Å². The zero-order valence-corrected chi connectivity index (χ0v) is 16.7. The summed E-state index contributed by atoms with van der Waals surface area (Å²) in [6.45, 7) is 3.96. The van der Waals surface area contributed by atoms with Gasteiger partial charge in [-0.3, -0.25) is 14.5 Å². The molecule has 1 fully saturated rings. The Morgan fingerprint density at radius 2 is 2.00 bits per heavy atom. The van der Waals surface area contributed by atoms with Crippen molar-refractivity contribution < 1.29 is 19.4 Å². The van der Waals surface area contributed by atoms with E-state index in [0.29, 0.717) is 28.6 Å². The Morgan fingerprint density at radius 3 is 2.70 bits per heavy atom. The molecule has 4 rings (SSSR count). The van der Waals surface area contributed by atoms with Gasteiger partial charge in [-0.05, 0) is 17.7 Å². The number of nitrogens with zero attached hydrogens (tertiary/aromatic N) is 2. The normalized spacial score (nSPS) is 17.9. The first kappa shape index (κ1) is 19.6. The predicted molar refractivity (Wildman–Crippen MR) is 115 cm³/mol. The third kappa shape index (κ3) is 3.51. The molecule has 1 unspecified atom stereocenters. The van der Waals surface area contributed by atoms with E-state index >= 15 is 0 Å². The number of hydrogen-bond donors (Lipinski definition) is 1. The van der Waals surface area contributed by atoms with Crippen molar-refractivity contribution in [1.29, 1.82) is 0 Å². The topological polar surface area (TPSA) is 79.7 Å². The molecule has 1 aromatic heterocycles. The average molecular weight is 418 g/mol. The Morgan fingerprint density at radius 1 is 1.20 bits per heavy atom. The number of Topliss-reactive ketones (excluding diaryl/α,β-unsaturated/α-hetero) is 1. The number of carbonyl (C=O) groups is 2. The lowest BCUT2D eigenvalue weighted by atomic mass is 9.95. The molecule has 0 aliphatic carbocycles. The maximum absolute atomic E-state index is 13.0. The molecule has 0 radical (unpaired) electrons. The van der Waals surface area contributed by atoms with Gasteiger partial charge in [-0.1, -0.05) is 55.1 Å². The standard InChI is InChI=1S/C23H18N2O4S/c1-2-12-29-17-10-6-9-16(14-17)19-18(20(26)15-7-4-3-5-8-15)21(27)22(28)25(19)23-24-11-13-30-23/h2-11,13-14,19,26H,1,12H2/b20-18+. The molecule has 1 saturated heterocycles. The van der Waals surface area contributed by atoms with Crippen molar-refractivity contribution in [3.63, 3.8) is 0 Å². The second-order valence-corrected chi connectivity index (χ2v) is 7.39. The van der Waals surface area contributed by atoms with Gasteiger partial charge in [0.2, 0.25) is 0 Å². The van der Waals surface area contributed by atoms with E-state index in [1.165, 1.54) is 16.2 Å². The molecule has 3 aromatic rings. The van der Waals surface area contributed by atoms with Gasteiger partial charge in [0.25, 0.3) is 5.78 Å². The largest absolute Gasteiger partial charge is 0.507 e. The molecule has 1 N–H and O–H groups in total. The first-order chi connectivity index (χ1) is 14.6. The molecule has 0 spiro atoms. The second-order valence-electron chi connectivity index (χ2n) is 6.52. The number of amides is 1. The number of thiazole rings is 1. The Kier molecular flexibility index (Phi) is 5.45. The lowest BCUT2D eigenvalue weighted by Gasteiger charge is -2.23. The summed E-state index contributed by atoms with van der Waals surface area (Å²) < 4.78 is 5.62. The van der Waals surface area contributed by atoms with E-state index < -0.39 is 17.7 Å². The number of aromatic nitrogens is 1. The van der Waals surface area contributed by atoms with Gasteiger partial charge in [-0.25, -0.2) is 4.98 Å². The quantitative estimate of drug-likeness (QED) is 0.279. The summed E-state index contributed by atoms with van der Waals surface area (Å²) in [5.41, 5.74) is 1.10. The van der Waals surface area contributed by atoms with Crippen molar-refractivity contribution in [2.24, 2.45) is 0 Å². The monoisotopic (exact) mass is 418 g/mol. The summed E-state index contributed by atoms with van der Waals surface area (Å²) in [6.07, 6.45) is 3.20. The first-order valence-electron chi connectivity index (χ1n) is 9.21. The van der Waals surface area contributed by atoms with Crippen molar-refractivity contribution >= 4 is 33.9 Å². The molecular formula is C23H18N2O4S. The van der Waals surface area contributed by atoms with E-state index in [2.05, 4.69) is 11.6 Å². The molecule has 1 aliphatic rings. The minimum absolute atomic E-state index is 0.0160. The van der Waals surface area contributed by atoms with Crippen LogP contribution in [0, 0.1) is 0 Å². The zero-order valence-electron chi connectivity index (χ0n) is 15.9. The van der Waals surface area contributed by atoms with Gasteiger partial charge < -0.3 is 9.84 Å². The van der Waals surface area contributed by atoms with Crippen LogP contribution in [0.1, 0.15) is 17.2 Å². The summed E-state index contributed by atoms with van der Waals surface area (Å²) in [5, 5.41) is 13.1. The van der Waals surface area contributed by atoms with Gasteiger partial charge in [0.15, 0.2) is 5.13 Å². The maximum atomic E-state index is 13.0. The van der Waals surface area contributed by atoms with Crippen LogP contribution in [0.3, 0.4) is 0 Å². The molecule has 6 nitrogen and oxygen atoms in total. The maximum Gasteiger partial charge on any atom is 0.301 e. The van der Waals surface area contributed by atoms with Crippen LogP contribution in [0.4, 0.5) is 5.13 Å². The highest BCUT2D eigenvalue weighted by Gasteiger charge is 2.48. The molecule has 2 heterocycles. The predicted octanol–water partition coefficient (Wildman–Crippen LogP) is 4.33. The molecule has 1 amide bonds. The molecule has 1 aliphatic heterocycles. The number of rotatable bonds is 6. The summed E-state index contributed by atoms with van der Waals surface area (Å²) in [5.74, 6) is -1.15. The Bertz CT molecular complexity index is 1120. The highest BCUT2D eigenvalue weighted by molar-refractivity contribution is 7.14. The molecule has 30 heavy (non-hydrogen) atoms. The first-order valence-corrected chi connectivity index (χ1v) is 10.1. The van der Waals surface area contributed by atoms with Crippen LogP contribution in [0.15, 0.2) is 84.4 Å². The number of aliphatic hydroxyl groups is 1.